The van der Waals surface area contributed by atoms with Gasteiger partial charge in [0, 0.05) is 11.8 Å². The molecule has 7 heteroatoms. The Morgan fingerprint density at radius 1 is 1.33 bits per heavy atom. The van der Waals surface area contributed by atoms with Crippen molar-refractivity contribution in [2.45, 2.75) is 12.6 Å². The number of Topliss-reactive ketones (excluding diaryl/α,β-unsaturated/α-hetero) is 1. The van der Waals surface area contributed by atoms with Gasteiger partial charge in [0.1, 0.15) is 5.75 Å². The molecule has 1 N–H and O–H groups in total. The molecule has 0 fully saturated rings. The Bertz CT molecular complexity index is 457. The monoisotopic (exact) mass is 261 g/mol. The molecule has 1 rings (SSSR count). The maximum atomic E-state index is 11.9. The molecule has 98 valence electrons. The number of amides is 1. The molecule has 1 aromatic carbocycles. The molecule has 18 heavy (non-hydrogen) atoms. The zero-order valence-corrected chi connectivity index (χ0v) is 9.38. The van der Waals surface area contributed by atoms with Gasteiger partial charge in [-0.1, -0.05) is 6.07 Å². The first kappa shape index (κ1) is 14.0. The van der Waals surface area contributed by atoms with Crippen molar-refractivity contribution >= 4 is 17.4 Å². The number of ether oxygens (including phenoxy) is 1. The van der Waals surface area contributed by atoms with E-state index in [4.69, 9.17) is 4.74 Å². The Labute approximate surface area is 101 Å². The molecule has 0 saturated heterocycles. The predicted octanol–water partition coefficient (Wildman–Crippen LogP) is 2.16. The molecule has 0 aromatic heterocycles. The molecule has 0 saturated carbocycles. The highest BCUT2D eigenvalue weighted by Gasteiger charge is 2.39. The van der Waals surface area contributed by atoms with Gasteiger partial charge in [0.15, 0.2) is 0 Å². The van der Waals surface area contributed by atoms with Crippen molar-refractivity contribution in [3.05, 3.63) is 24.3 Å². The third-order valence-corrected chi connectivity index (χ3v) is 1.99. The normalized spacial score (nSPS) is 10.9. The van der Waals surface area contributed by atoms with E-state index in [0.29, 0.717) is 5.75 Å². The number of carbonyl (C=O) groups is 2. The molecule has 0 aliphatic heterocycles. The predicted molar refractivity (Wildman–Crippen MR) is 57.3 cm³/mol. The maximum Gasteiger partial charge on any atom is 0.450 e. The molecule has 0 aliphatic rings. The van der Waals surface area contributed by atoms with Gasteiger partial charge in [-0.15, -0.1) is 0 Å². The van der Waals surface area contributed by atoms with Crippen LogP contribution in [0.25, 0.3) is 0 Å². The van der Waals surface area contributed by atoms with Crippen molar-refractivity contribution < 1.29 is 27.5 Å². The maximum absolute atomic E-state index is 11.9. The second kappa shape index (κ2) is 5.52. The number of alkyl halides is 3. The van der Waals surface area contributed by atoms with Gasteiger partial charge in [0.05, 0.1) is 13.5 Å². The van der Waals surface area contributed by atoms with Gasteiger partial charge in [0.2, 0.25) is 11.7 Å². The number of hydrogen-bond donors (Lipinski definition) is 1. The highest BCUT2D eigenvalue weighted by atomic mass is 19.4. The second-order valence-electron chi connectivity index (χ2n) is 3.38. The summed E-state index contributed by atoms with van der Waals surface area (Å²) in [7, 11) is 1.41. The van der Waals surface area contributed by atoms with E-state index in [2.05, 4.69) is 5.32 Å². The lowest BCUT2D eigenvalue weighted by molar-refractivity contribution is -0.171. The molecule has 4 nitrogen and oxygen atoms in total. The fourth-order valence-electron chi connectivity index (χ4n) is 1.15. The average Bonchev–Trinajstić information content (AvgIpc) is 2.27. The summed E-state index contributed by atoms with van der Waals surface area (Å²) in [6, 6.07) is 6.06. The number of ketones is 1. The fourth-order valence-corrected chi connectivity index (χ4v) is 1.15. The van der Waals surface area contributed by atoms with Crippen LogP contribution in [-0.4, -0.2) is 25.0 Å². The molecule has 1 amide bonds. The zero-order chi connectivity index (χ0) is 13.8. The van der Waals surface area contributed by atoms with Crippen LogP contribution < -0.4 is 10.1 Å². The van der Waals surface area contributed by atoms with E-state index < -0.39 is 24.3 Å². The first-order valence-electron chi connectivity index (χ1n) is 4.87. The van der Waals surface area contributed by atoms with E-state index >= 15 is 0 Å². The van der Waals surface area contributed by atoms with Gasteiger partial charge in [-0.2, -0.15) is 13.2 Å². The van der Waals surface area contributed by atoms with E-state index in [0.717, 1.165) is 0 Å². The number of halogens is 3. The van der Waals surface area contributed by atoms with Crippen LogP contribution in [0.3, 0.4) is 0 Å². The lowest BCUT2D eigenvalue weighted by Crippen LogP contribution is -2.27. The average molecular weight is 261 g/mol. The summed E-state index contributed by atoms with van der Waals surface area (Å²) in [6.07, 6.45) is -6.23. The summed E-state index contributed by atoms with van der Waals surface area (Å²) >= 11 is 0. The SMILES string of the molecule is COc1cccc(NC(=O)CC(=O)C(F)(F)F)c1. The van der Waals surface area contributed by atoms with Crippen molar-refractivity contribution in [3.8, 4) is 5.75 Å². The van der Waals surface area contributed by atoms with Crippen molar-refractivity contribution in [1.82, 2.24) is 0 Å². The van der Waals surface area contributed by atoms with Gasteiger partial charge in [0.25, 0.3) is 0 Å². The minimum atomic E-state index is -4.99. The number of rotatable bonds is 4. The zero-order valence-electron chi connectivity index (χ0n) is 9.38. The van der Waals surface area contributed by atoms with E-state index in [1.165, 1.54) is 19.2 Å². The van der Waals surface area contributed by atoms with Crippen LogP contribution in [0.2, 0.25) is 0 Å². The molecule has 0 heterocycles. The summed E-state index contributed by atoms with van der Waals surface area (Å²) in [4.78, 5) is 21.8. The van der Waals surface area contributed by atoms with E-state index in [-0.39, 0.29) is 5.69 Å². The van der Waals surface area contributed by atoms with Crippen LogP contribution in [0.4, 0.5) is 18.9 Å². The smallest absolute Gasteiger partial charge is 0.450 e. The highest BCUT2D eigenvalue weighted by molar-refractivity contribution is 6.06. The van der Waals surface area contributed by atoms with E-state index in [9.17, 15) is 22.8 Å². The van der Waals surface area contributed by atoms with Crippen LogP contribution >= 0.6 is 0 Å². The number of carbonyl (C=O) groups excluding carboxylic acids is 2. The Morgan fingerprint density at radius 2 is 2.00 bits per heavy atom. The molecule has 0 spiro atoms. The lowest BCUT2D eigenvalue weighted by atomic mass is 10.2. The van der Waals surface area contributed by atoms with Crippen molar-refractivity contribution in [1.29, 1.82) is 0 Å². The highest BCUT2D eigenvalue weighted by Crippen LogP contribution is 2.19. The summed E-state index contributed by atoms with van der Waals surface area (Å²) in [5.74, 6) is -2.66. The number of benzene rings is 1. The van der Waals surface area contributed by atoms with Crippen LogP contribution in [0, 0.1) is 0 Å². The van der Waals surface area contributed by atoms with E-state index in [1.54, 1.807) is 12.1 Å². The Morgan fingerprint density at radius 3 is 2.56 bits per heavy atom. The minimum Gasteiger partial charge on any atom is -0.497 e. The molecular formula is C11H10F3NO3. The molecule has 0 unspecified atom stereocenters. The largest absolute Gasteiger partial charge is 0.497 e. The van der Waals surface area contributed by atoms with Gasteiger partial charge in [-0.25, -0.2) is 0 Å². The molecule has 0 radical (unpaired) electrons. The Hall–Kier alpha value is -2.05. The third-order valence-electron chi connectivity index (χ3n) is 1.99. The first-order chi connectivity index (χ1) is 8.32. The van der Waals surface area contributed by atoms with Gasteiger partial charge < -0.3 is 10.1 Å². The number of hydrogen-bond acceptors (Lipinski definition) is 3. The molecule has 0 bridgehead atoms. The van der Waals surface area contributed by atoms with Gasteiger partial charge >= 0.3 is 6.18 Å². The van der Waals surface area contributed by atoms with Crippen LogP contribution in [0.1, 0.15) is 6.42 Å². The van der Waals surface area contributed by atoms with Gasteiger partial charge in [-0.3, -0.25) is 9.59 Å². The minimum absolute atomic E-state index is 0.259. The number of methoxy groups -OCH3 is 1. The van der Waals surface area contributed by atoms with Crippen molar-refractivity contribution in [3.63, 3.8) is 0 Å². The molecule has 0 aliphatic carbocycles. The third kappa shape index (κ3) is 4.08. The quantitative estimate of drug-likeness (QED) is 0.845. The lowest BCUT2D eigenvalue weighted by Gasteiger charge is -2.07. The summed E-state index contributed by atoms with van der Waals surface area (Å²) in [6.45, 7) is 0. The molecule has 0 atom stereocenters. The van der Waals surface area contributed by atoms with Crippen LogP contribution in [-0.2, 0) is 9.59 Å². The second-order valence-corrected chi connectivity index (χ2v) is 3.38. The Kier molecular flexibility index (Phi) is 4.30. The summed E-state index contributed by atoms with van der Waals surface area (Å²) < 4.78 is 40.6. The van der Waals surface area contributed by atoms with Crippen LogP contribution in [0.5, 0.6) is 5.75 Å². The molecular weight excluding hydrogens is 251 g/mol. The summed E-state index contributed by atoms with van der Waals surface area (Å²) in [5.41, 5.74) is 0.259. The van der Waals surface area contributed by atoms with Crippen molar-refractivity contribution in [2.75, 3.05) is 12.4 Å². The van der Waals surface area contributed by atoms with Gasteiger partial charge in [-0.05, 0) is 12.1 Å². The Balaban J connectivity index is 2.62. The number of anilines is 1. The number of nitrogens with one attached hydrogen (secondary N) is 1. The topological polar surface area (TPSA) is 55.4 Å². The van der Waals surface area contributed by atoms with Crippen molar-refractivity contribution in [2.24, 2.45) is 0 Å². The fraction of sp³-hybridized carbons (Fsp3) is 0.273. The van der Waals surface area contributed by atoms with Crippen LogP contribution in [0.15, 0.2) is 24.3 Å². The molecule has 1 aromatic rings. The standard InChI is InChI=1S/C11H10F3NO3/c1-18-8-4-2-3-7(5-8)15-10(17)6-9(16)11(12,13)14/h2-5H,6H2,1H3,(H,15,17). The van der Waals surface area contributed by atoms with E-state index in [1.807, 2.05) is 0 Å². The summed E-state index contributed by atoms with van der Waals surface area (Å²) in [5, 5.41) is 2.18. The first-order valence-corrected chi connectivity index (χ1v) is 4.87.